The van der Waals surface area contributed by atoms with Gasteiger partial charge in [-0.3, -0.25) is 4.39 Å². The maximum absolute atomic E-state index is 12.3. The van der Waals surface area contributed by atoms with E-state index in [0.717, 1.165) is 24.2 Å². The third kappa shape index (κ3) is 4.33. The van der Waals surface area contributed by atoms with Gasteiger partial charge >= 0.3 is 0 Å². The fourth-order valence-electron chi connectivity index (χ4n) is 3.44. The highest BCUT2D eigenvalue weighted by molar-refractivity contribution is 8.17. The van der Waals surface area contributed by atoms with Crippen molar-refractivity contribution < 1.29 is 4.39 Å². The number of thioether (sulfide) groups is 2. The second-order valence-electron chi connectivity index (χ2n) is 5.90. The zero-order valence-corrected chi connectivity index (χ0v) is 13.2. The molecule has 0 radical (unpaired) electrons. The normalized spacial score (nSPS) is 37.7. The highest BCUT2D eigenvalue weighted by Gasteiger charge is 2.31. The Balaban J connectivity index is 1.68. The summed E-state index contributed by atoms with van der Waals surface area (Å²) in [6.07, 6.45) is 9.42. The van der Waals surface area contributed by atoms with E-state index in [1.807, 2.05) is 23.5 Å². The third-order valence-corrected chi connectivity index (χ3v) is 7.86. The van der Waals surface area contributed by atoms with Crippen molar-refractivity contribution in [3.63, 3.8) is 0 Å². The Morgan fingerprint density at radius 3 is 2.17 bits per heavy atom. The molecular weight excluding hydrogens is 263 g/mol. The molecule has 2 fully saturated rings. The molecule has 1 saturated heterocycles. The fourth-order valence-corrected chi connectivity index (χ4v) is 6.66. The van der Waals surface area contributed by atoms with Crippen LogP contribution in [0.5, 0.6) is 0 Å². The monoisotopic (exact) mass is 290 g/mol. The van der Waals surface area contributed by atoms with Crippen molar-refractivity contribution in [2.45, 2.75) is 56.5 Å². The zero-order chi connectivity index (χ0) is 12.8. The van der Waals surface area contributed by atoms with E-state index in [-0.39, 0.29) is 6.67 Å². The second kappa shape index (κ2) is 8.04. The van der Waals surface area contributed by atoms with E-state index in [2.05, 4.69) is 6.92 Å². The Hall–Kier alpha value is 0.630. The molecule has 2 rings (SSSR count). The van der Waals surface area contributed by atoms with Crippen molar-refractivity contribution in [3.05, 3.63) is 0 Å². The lowest BCUT2D eigenvalue weighted by atomic mass is 9.75. The summed E-state index contributed by atoms with van der Waals surface area (Å²) in [7, 11) is 0. The van der Waals surface area contributed by atoms with Crippen LogP contribution in [-0.4, -0.2) is 22.8 Å². The van der Waals surface area contributed by atoms with E-state index in [9.17, 15) is 4.39 Å². The fraction of sp³-hybridized carbons (Fsp3) is 1.00. The largest absolute Gasteiger partial charge is 0.251 e. The summed E-state index contributed by atoms with van der Waals surface area (Å²) in [6, 6.07) is 0. The van der Waals surface area contributed by atoms with Gasteiger partial charge in [0.05, 0.1) is 11.3 Å². The average molecular weight is 291 g/mol. The SMILES string of the molecule is CCCC1CCC(C2CSC(CCF)SC2)CC1. The maximum Gasteiger partial charge on any atom is 0.0913 e. The van der Waals surface area contributed by atoms with E-state index in [1.165, 1.54) is 50.0 Å². The molecule has 0 N–H and O–H groups in total. The maximum atomic E-state index is 12.3. The Morgan fingerprint density at radius 2 is 1.61 bits per heavy atom. The standard InChI is InChI=1S/C15H27FS2/c1-2-3-12-4-6-13(7-5-12)14-10-17-15(8-9-16)18-11-14/h12-15H,2-11H2,1H3. The highest BCUT2D eigenvalue weighted by atomic mass is 32.2. The van der Waals surface area contributed by atoms with Crippen LogP contribution in [-0.2, 0) is 0 Å². The molecule has 18 heavy (non-hydrogen) atoms. The molecule has 0 aromatic carbocycles. The number of hydrogen-bond acceptors (Lipinski definition) is 2. The van der Waals surface area contributed by atoms with Crippen molar-refractivity contribution in [3.8, 4) is 0 Å². The lowest BCUT2D eigenvalue weighted by Gasteiger charge is -2.37. The third-order valence-electron chi connectivity index (χ3n) is 4.59. The molecule has 0 amide bonds. The van der Waals surface area contributed by atoms with E-state index in [1.54, 1.807) is 0 Å². The van der Waals surface area contributed by atoms with Crippen LogP contribution in [0.15, 0.2) is 0 Å². The lowest BCUT2D eigenvalue weighted by molar-refractivity contribution is 0.220. The summed E-state index contributed by atoms with van der Waals surface area (Å²) in [6.45, 7) is 2.17. The van der Waals surface area contributed by atoms with E-state index in [4.69, 9.17) is 0 Å². The van der Waals surface area contributed by atoms with Crippen LogP contribution in [0.2, 0.25) is 0 Å². The topological polar surface area (TPSA) is 0 Å². The van der Waals surface area contributed by atoms with Crippen LogP contribution >= 0.6 is 23.5 Å². The van der Waals surface area contributed by atoms with Crippen molar-refractivity contribution >= 4 is 23.5 Å². The van der Waals surface area contributed by atoms with Crippen LogP contribution in [0, 0.1) is 17.8 Å². The summed E-state index contributed by atoms with van der Waals surface area (Å²) < 4.78 is 12.9. The highest BCUT2D eigenvalue weighted by Crippen LogP contribution is 2.43. The van der Waals surface area contributed by atoms with Gasteiger partial charge < -0.3 is 0 Å². The van der Waals surface area contributed by atoms with Gasteiger partial charge in [0.15, 0.2) is 0 Å². The van der Waals surface area contributed by atoms with Crippen LogP contribution < -0.4 is 0 Å². The van der Waals surface area contributed by atoms with Crippen molar-refractivity contribution in [2.24, 2.45) is 17.8 Å². The lowest BCUT2D eigenvalue weighted by Crippen LogP contribution is -2.28. The molecule has 1 aliphatic carbocycles. The van der Waals surface area contributed by atoms with Crippen LogP contribution in [0.1, 0.15) is 51.9 Å². The van der Waals surface area contributed by atoms with Crippen molar-refractivity contribution in [2.75, 3.05) is 18.2 Å². The van der Waals surface area contributed by atoms with Gasteiger partial charge in [-0.1, -0.05) is 32.6 Å². The predicted molar refractivity (Wildman–Crippen MR) is 83.1 cm³/mol. The molecule has 0 bridgehead atoms. The van der Waals surface area contributed by atoms with Gasteiger partial charge in [0.1, 0.15) is 0 Å². The molecule has 0 spiro atoms. The zero-order valence-electron chi connectivity index (χ0n) is 11.6. The molecule has 0 aromatic rings. The Morgan fingerprint density at radius 1 is 0.944 bits per heavy atom. The minimum absolute atomic E-state index is 0.141. The first-order chi connectivity index (χ1) is 8.83. The molecule has 0 aromatic heterocycles. The van der Waals surface area contributed by atoms with Gasteiger partial charge in [-0.2, -0.15) is 0 Å². The van der Waals surface area contributed by atoms with E-state index < -0.39 is 0 Å². The quantitative estimate of drug-likeness (QED) is 0.667. The first-order valence-electron chi connectivity index (χ1n) is 7.62. The van der Waals surface area contributed by atoms with Gasteiger partial charge in [0.25, 0.3) is 0 Å². The van der Waals surface area contributed by atoms with Crippen LogP contribution in [0.25, 0.3) is 0 Å². The molecule has 1 heterocycles. The first kappa shape index (κ1) is 15.0. The molecule has 0 atom stereocenters. The minimum atomic E-state index is -0.141. The number of rotatable bonds is 5. The number of halogens is 1. The smallest absolute Gasteiger partial charge is 0.0913 e. The number of hydrogen-bond donors (Lipinski definition) is 0. The summed E-state index contributed by atoms with van der Waals surface area (Å²) in [4.78, 5) is 0. The summed E-state index contributed by atoms with van der Waals surface area (Å²) in [5.41, 5.74) is 0. The van der Waals surface area contributed by atoms with E-state index >= 15 is 0 Å². The predicted octanol–water partition coefficient (Wildman–Crippen LogP) is 5.37. The molecule has 106 valence electrons. The molecule has 1 aliphatic heterocycles. The summed E-state index contributed by atoms with van der Waals surface area (Å²) >= 11 is 4.05. The Kier molecular flexibility index (Phi) is 6.71. The van der Waals surface area contributed by atoms with Crippen molar-refractivity contribution in [1.29, 1.82) is 0 Å². The molecule has 0 nitrogen and oxygen atoms in total. The average Bonchev–Trinajstić information content (AvgIpc) is 2.41. The Bertz CT molecular complexity index is 195. The molecule has 2 aliphatic rings. The summed E-state index contributed by atoms with van der Waals surface area (Å²) in [5.74, 6) is 5.50. The van der Waals surface area contributed by atoms with Gasteiger partial charge in [-0.05, 0) is 48.5 Å². The molecule has 0 unspecified atom stereocenters. The van der Waals surface area contributed by atoms with Gasteiger partial charge in [0.2, 0.25) is 0 Å². The van der Waals surface area contributed by atoms with Crippen LogP contribution in [0.4, 0.5) is 4.39 Å². The van der Waals surface area contributed by atoms with E-state index in [0.29, 0.717) is 4.58 Å². The minimum Gasteiger partial charge on any atom is -0.251 e. The van der Waals surface area contributed by atoms with Crippen molar-refractivity contribution in [1.82, 2.24) is 0 Å². The number of alkyl halides is 1. The molecular formula is C15H27FS2. The van der Waals surface area contributed by atoms with Crippen LogP contribution in [0.3, 0.4) is 0 Å². The summed E-state index contributed by atoms with van der Waals surface area (Å²) in [5, 5.41) is 0. The molecule has 3 heteroatoms. The van der Waals surface area contributed by atoms with Gasteiger partial charge in [0, 0.05) is 0 Å². The molecule has 1 saturated carbocycles. The first-order valence-corrected chi connectivity index (χ1v) is 9.72. The van der Waals surface area contributed by atoms with Gasteiger partial charge in [-0.15, -0.1) is 23.5 Å². The Labute approximate surface area is 120 Å². The van der Waals surface area contributed by atoms with Gasteiger partial charge in [-0.25, -0.2) is 0 Å². The second-order valence-corrected chi connectivity index (χ2v) is 8.67.